The maximum Gasteiger partial charge on any atom is 0.170 e. The Morgan fingerprint density at radius 2 is 2.06 bits per heavy atom. The molecule has 1 aliphatic rings. The Balaban J connectivity index is 2.13. The van der Waals surface area contributed by atoms with Gasteiger partial charge in [0.15, 0.2) is 5.78 Å². The Kier molecular flexibility index (Phi) is 3.29. The van der Waals surface area contributed by atoms with Crippen LogP contribution in [0.1, 0.15) is 29.6 Å². The van der Waals surface area contributed by atoms with Crippen molar-refractivity contribution < 1.29 is 13.6 Å². The summed E-state index contributed by atoms with van der Waals surface area (Å²) >= 11 is 0. The lowest BCUT2D eigenvalue weighted by molar-refractivity contribution is 0.0963. The van der Waals surface area contributed by atoms with E-state index >= 15 is 0 Å². The predicted octanol–water partition coefficient (Wildman–Crippen LogP) is 2.29. The smallest absolute Gasteiger partial charge is 0.170 e. The number of carbonyl (C=O) groups is 1. The zero-order valence-electron chi connectivity index (χ0n) is 8.80. The van der Waals surface area contributed by atoms with Crippen molar-refractivity contribution in [2.75, 3.05) is 6.54 Å². The summed E-state index contributed by atoms with van der Waals surface area (Å²) in [4.78, 5) is 11.7. The van der Waals surface area contributed by atoms with Crippen molar-refractivity contribution in [3.05, 3.63) is 35.4 Å². The predicted molar refractivity (Wildman–Crippen MR) is 56.3 cm³/mol. The Bertz CT molecular complexity index is 380. The van der Waals surface area contributed by atoms with Crippen molar-refractivity contribution >= 4 is 5.78 Å². The van der Waals surface area contributed by atoms with E-state index < -0.39 is 23.0 Å². The Morgan fingerprint density at radius 1 is 1.38 bits per heavy atom. The van der Waals surface area contributed by atoms with Gasteiger partial charge in [0.2, 0.25) is 0 Å². The molecular weight excluding hydrogens is 212 g/mol. The van der Waals surface area contributed by atoms with Crippen LogP contribution in [0.2, 0.25) is 0 Å². The number of benzene rings is 1. The zero-order valence-corrected chi connectivity index (χ0v) is 8.80. The summed E-state index contributed by atoms with van der Waals surface area (Å²) < 4.78 is 26.6. The number of Topliss-reactive ketones (excluding diaryl/α,β-unsaturated/α-hetero) is 1. The van der Waals surface area contributed by atoms with Crippen LogP contribution in [-0.4, -0.2) is 18.4 Å². The van der Waals surface area contributed by atoms with Crippen LogP contribution < -0.4 is 5.32 Å². The summed E-state index contributed by atoms with van der Waals surface area (Å²) in [7, 11) is 0. The Morgan fingerprint density at radius 3 is 2.62 bits per heavy atom. The van der Waals surface area contributed by atoms with E-state index in [1.807, 2.05) is 0 Å². The summed E-state index contributed by atoms with van der Waals surface area (Å²) in [5, 5.41) is 3.13. The number of hydrogen-bond donors (Lipinski definition) is 1. The van der Waals surface area contributed by atoms with Gasteiger partial charge in [0.25, 0.3) is 0 Å². The lowest BCUT2D eigenvalue weighted by Gasteiger charge is -2.09. The highest BCUT2D eigenvalue weighted by Crippen LogP contribution is 2.17. The van der Waals surface area contributed by atoms with Crippen molar-refractivity contribution in [1.82, 2.24) is 5.32 Å². The number of nitrogens with one attached hydrogen (secondary N) is 1. The maximum atomic E-state index is 13.3. The standard InChI is InChI=1S/C12H13F2NO/c13-9-4-1-5-10(14)12(9)11(16)7-8-3-2-6-15-8/h1,4-5,8,15H,2-3,6-7H2. The van der Waals surface area contributed by atoms with E-state index in [9.17, 15) is 13.6 Å². The average molecular weight is 225 g/mol. The monoisotopic (exact) mass is 225 g/mol. The van der Waals surface area contributed by atoms with Crippen LogP contribution >= 0.6 is 0 Å². The summed E-state index contributed by atoms with van der Waals surface area (Å²) in [6.45, 7) is 0.873. The minimum absolute atomic E-state index is 0.0616. The minimum Gasteiger partial charge on any atom is -0.314 e. The van der Waals surface area contributed by atoms with Crippen LogP contribution in [0.3, 0.4) is 0 Å². The first-order chi connectivity index (χ1) is 7.68. The van der Waals surface area contributed by atoms with Gasteiger partial charge in [0.05, 0.1) is 5.56 Å². The zero-order chi connectivity index (χ0) is 11.5. The molecule has 2 rings (SSSR count). The van der Waals surface area contributed by atoms with Gasteiger partial charge in [-0.2, -0.15) is 0 Å². The van der Waals surface area contributed by atoms with Crippen LogP contribution in [0.5, 0.6) is 0 Å². The van der Waals surface area contributed by atoms with Gasteiger partial charge in [-0.3, -0.25) is 4.79 Å². The van der Waals surface area contributed by atoms with E-state index in [2.05, 4.69) is 5.32 Å². The molecule has 1 aromatic rings. The molecule has 0 aliphatic carbocycles. The second kappa shape index (κ2) is 4.70. The normalized spacial score (nSPS) is 20.0. The fraction of sp³-hybridized carbons (Fsp3) is 0.417. The first-order valence-corrected chi connectivity index (χ1v) is 5.39. The molecule has 1 saturated heterocycles. The molecule has 1 aliphatic heterocycles. The lowest BCUT2D eigenvalue weighted by atomic mass is 10.0. The fourth-order valence-electron chi connectivity index (χ4n) is 2.02. The van der Waals surface area contributed by atoms with Gasteiger partial charge in [-0.05, 0) is 31.5 Å². The molecule has 0 aromatic heterocycles. The molecule has 1 fully saturated rings. The molecular formula is C12H13F2NO. The van der Waals surface area contributed by atoms with E-state index in [0.29, 0.717) is 0 Å². The third-order valence-electron chi connectivity index (χ3n) is 2.84. The molecule has 1 aromatic carbocycles. The summed E-state index contributed by atoms with van der Waals surface area (Å²) in [5.41, 5.74) is -0.406. The molecule has 0 radical (unpaired) electrons. The number of rotatable bonds is 3. The molecule has 1 unspecified atom stereocenters. The second-order valence-electron chi connectivity index (χ2n) is 4.02. The van der Waals surface area contributed by atoms with E-state index in [1.165, 1.54) is 6.07 Å². The van der Waals surface area contributed by atoms with Gasteiger partial charge in [0, 0.05) is 12.5 Å². The van der Waals surface area contributed by atoms with Crippen LogP contribution in [-0.2, 0) is 0 Å². The van der Waals surface area contributed by atoms with E-state index in [1.54, 1.807) is 0 Å². The van der Waals surface area contributed by atoms with Crippen molar-refractivity contribution in [3.63, 3.8) is 0 Å². The largest absolute Gasteiger partial charge is 0.314 e. The Hall–Kier alpha value is -1.29. The average Bonchev–Trinajstić information content (AvgIpc) is 2.70. The highest BCUT2D eigenvalue weighted by atomic mass is 19.1. The number of carbonyl (C=O) groups excluding carboxylic acids is 1. The fourth-order valence-corrected chi connectivity index (χ4v) is 2.02. The Labute approximate surface area is 92.7 Å². The molecule has 1 N–H and O–H groups in total. The van der Waals surface area contributed by atoms with Gasteiger partial charge in [-0.1, -0.05) is 6.07 Å². The van der Waals surface area contributed by atoms with Gasteiger partial charge >= 0.3 is 0 Å². The highest BCUT2D eigenvalue weighted by molar-refractivity contribution is 5.97. The van der Waals surface area contributed by atoms with Crippen LogP contribution in [0.4, 0.5) is 8.78 Å². The molecule has 2 nitrogen and oxygen atoms in total. The molecule has 1 atom stereocenters. The van der Waals surface area contributed by atoms with Crippen molar-refractivity contribution in [1.29, 1.82) is 0 Å². The second-order valence-corrected chi connectivity index (χ2v) is 4.02. The molecule has 0 spiro atoms. The molecule has 1 heterocycles. The highest BCUT2D eigenvalue weighted by Gasteiger charge is 2.22. The molecule has 0 amide bonds. The molecule has 86 valence electrons. The van der Waals surface area contributed by atoms with Crippen LogP contribution in [0, 0.1) is 11.6 Å². The van der Waals surface area contributed by atoms with Gasteiger partial charge in [-0.15, -0.1) is 0 Å². The van der Waals surface area contributed by atoms with Crippen LogP contribution in [0.15, 0.2) is 18.2 Å². The third-order valence-corrected chi connectivity index (χ3v) is 2.84. The molecule has 0 saturated carbocycles. The summed E-state index contributed by atoms with van der Waals surface area (Å²) in [6, 6.07) is 3.54. The van der Waals surface area contributed by atoms with E-state index in [4.69, 9.17) is 0 Å². The van der Waals surface area contributed by atoms with Crippen molar-refractivity contribution in [3.8, 4) is 0 Å². The van der Waals surface area contributed by atoms with Crippen LogP contribution in [0.25, 0.3) is 0 Å². The summed E-state index contributed by atoms with van der Waals surface area (Å²) in [6.07, 6.45) is 2.07. The van der Waals surface area contributed by atoms with E-state index in [-0.39, 0.29) is 12.5 Å². The first kappa shape index (κ1) is 11.2. The SMILES string of the molecule is O=C(CC1CCCN1)c1c(F)cccc1F. The van der Waals surface area contributed by atoms with Gasteiger partial charge in [-0.25, -0.2) is 8.78 Å². The number of hydrogen-bond acceptors (Lipinski definition) is 2. The van der Waals surface area contributed by atoms with E-state index in [0.717, 1.165) is 31.5 Å². The first-order valence-electron chi connectivity index (χ1n) is 5.39. The number of halogens is 2. The van der Waals surface area contributed by atoms with Gasteiger partial charge < -0.3 is 5.32 Å². The summed E-state index contributed by atoms with van der Waals surface area (Å²) in [5.74, 6) is -2.01. The lowest BCUT2D eigenvalue weighted by Crippen LogP contribution is -2.25. The molecule has 4 heteroatoms. The number of ketones is 1. The third kappa shape index (κ3) is 2.27. The molecule has 0 bridgehead atoms. The maximum absolute atomic E-state index is 13.3. The van der Waals surface area contributed by atoms with Crippen molar-refractivity contribution in [2.45, 2.75) is 25.3 Å². The topological polar surface area (TPSA) is 29.1 Å². The minimum atomic E-state index is -0.775. The van der Waals surface area contributed by atoms with Crippen molar-refractivity contribution in [2.24, 2.45) is 0 Å². The molecule has 16 heavy (non-hydrogen) atoms. The van der Waals surface area contributed by atoms with Gasteiger partial charge in [0.1, 0.15) is 11.6 Å². The quantitative estimate of drug-likeness (QED) is 0.800.